The molecular weight excluding hydrogens is 280 g/mol. The minimum absolute atomic E-state index is 0.138. The SMILES string of the molecule is Oc1cccc(O)c1CCCCCCc1c(O)cccc1O. The smallest absolute Gasteiger partial charge is 0.122 e. The first-order chi connectivity index (χ1) is 10.6. The van der Waals surface area contributed by atoms with Gasteiger partial charge in [-0.05, 0) is 49.9 Å². The molecule has 0 aliphatic rings. The van der Waals surface area contributed by atoms with Gasteiger partial charge in [0.25, 0.3) is 0 Å². The molecule has 0 saturated heterocycles. The molecule has 0 aliphatic carbocycles. The first-order valence-corrected chi connectivity index (χ1v) is 7.59. The van der Waals surface area contributed by atoms with E-state index in [2.05, 4.69) is 0 Å². The van der Waals surface area contributed by atoms with Crippen molar-refractivity contribution >= 4 is 0 Å². The van der Waals surface area contributed by atoms with E-state index in [-0.39, 0.29) is 23.0 Å². The van der Waals surface area contributed by atoms with Gasteiger partial charge in [-0.15, -0.1) is 0 Å². The fourth-order valence-corrected chi connectivity index (χ4v) is 2.59. The number of rotatable bonds is 7. The Kier molecular flexibility index (Phi) is 5.53. The molecule has 22 heavy (non-hydrogen) atoms. The van der Waals surface area contributed by atoms with Crippen molar-refractivity contribution in [2.45, 2.75) is 38.5 Å². The summed E-state index contributed by atoms with van der Waals surface area (Å²) in [5.74, 6) is 0.552. The molecule has 0 saturated carbocycles. The summed E-state index contributed by atoms with van der Waals surface area (Å²) in [5.41, 5.74) is 1.20. The lowest BCUT2D eigenvalue weighted by molar-refractivity contribution is 0.432. The lowest BCUT2D eigenvalue weighted by Crippen LogP contribution is -1.90. The number of hydrogen-bond acceptors (Lipinski definition) is 4. The van der Waals surface area contributed by atoms with Crippen LogP contribution in [-0.2, 0) is 12.8 Å². The summed E-state index contributed by atoms with van der Waals surface area (Å²) in [5, 5.41) is 38.8. The zero-order chi connectivity index (χ0) is 15.9. The highest BCUT2D eigenvalue weighted by molar-refractivity contribution is 5.43. The highest BCUT2D eigenvalue weighted by Crippen LogP contribution is 2.29. The molecule has 0 radical (unpaired) electrons. The topological polar surface area (TPSA) is 80.9 Å². The van der Waals surface area contributed by atoms with Crippen molar-refractivity contribution in [1.82, 2.24) is 0 Å². The molecule has 118 valence electrons. The van der Waals surface area contributed by atoms with Crippen molar-refractivity contribution in [2.75, 3.05) is 0 Å². The van der Waals surface area contributed by atoms with Gasteiger partial charge in [0.15, 0.2) is 0 Å². The summed E-state index contributed by atoms with van der Waals surface area (Å²) >= 11 is 0. The molecule has 2 aromatic rings. The van der Waals surface area contributed by atoms with Crippen molar-refractivity contribution in [1.29, 1.82) is 0 Å². The molecule has 4 N–H and O–H groups in total. The van der Waals surface area contributed by atoms with E-state index in [1.54, 1.807) is 36.4 Å². The van der Waals surface area contributed by atoms with Gasteiger partial charge in [-0.3, -0.25) is 0 Å². The van der Waals surface area contributed by atoms with Crippen LogP contribution in [0.5, 0.6) is 23.0 Å². The summed E-state index contributed by atoms with van der Waals surface area (Å²) in [4.78, 5) is 0. The van der Waals surface area contributed by atoms with E-state index in [1.165, 1.54) is 0 Å². The molecule has 0 spiro atoms. The summed E-state index contributed by atoms with van der Waals surface area (Å²) in [6.45, 7) is 0. The molecule has 0 unspecified atom stereocenters. The number of unbranched alkanes of at least 4 members (excludes halogenated alkanes) is 3. The zero-order valence-electron chi connectivity index (χ0n) is 12.5. The van der Waals surface area contributed by atoms with Crippen LogP contribution in [0.1, 0.15) is 36.8 Å². The van der Waals surface area contributed by atoms with Crippen LogP contribution in [0.15, 0.2) is 36.4 Å². The molecule has 0 aromatic heterocycles. The normalized spacial score (nSPS) is 10.7. The van der Waals surface area contributed by atoms with E-state index in [9.17, 15) is 20.4 Å². The van der Waals surface area contributed by atoms with Gasteiger partial charge in [0.2, 0.25) is 0 Å². The van der Waals surface area contributed by atoms with Gasteiger partial charge < -0.3 is 20.4 Å². The van der Waals surface area contributed by atoms with Crippen LogP contribution in [0.25, 0.3) is 0 Å². The first kappa shape index (κ1) is 16.0. The average Bonchev–Trinajstić information content (AvgIpc) is 2.47. The predicted molar refractivity (Wildman–Crippen MR) is 85.4 cm³/mol. The Morgan fingerprint density at radius 1 is 0.500 bits per heavy atom. The number of benzene rings is 2. The third-order valence-electron chi connectivity index (χ3n) is 3.86. The van der Waals surface area contributed by atoms with E-state index < -0.39 is 0 Å². The highest BCUT2D eigenvalue weighted by Gasteiger charge is 2.08. The quantitative estimate of drug-likeness (QED) is 0.586. The maximum absolute atomic E-state index is 9.69. The molecule has 2 aromatic carbocycles. The van der Waals surface area contributed by atoms with E-state index in [0.717, 1.165) is 25.7 Å². The third kappa shape index (κ3) is 4.07. The Morgan fingerprint density at radius 2 is 0.818 bits per heavy atom. The summed E-state index contributed by atoms with van der Waals surface area (Å²) < 4.78 is 0. The Morgan fingerprint density at radius 3 is 1.14 bits per heavy atom. The van der Waals surface area contributed by atoms with Crippen LogP contribution < -0.4 is 0 Å². The van der Waals surface area contributed by atoms with Crippen molar-refractivity contribution in [3.63, 3.8) is 0 Å². The van der Waals surface area contributed by atoms with Gasteiger partial charge >= 0.3 is 0 Å². The number of hydrogen-bond donors (Lipinski definition) is 4. The van der Waals surface area contributed by atoms with Gasteiger partial charge in [-0.1, -0.05) is 25.0 Å². The molecule has 0 atom stereocenters. The second-order valence-corrected chi connectivity index (χ2v) is 5.46. The summed E-state index contributed by atoms with van der Waals surface area (Å²) in [7, 11) is 0. The molecule has 2 rings (SSSR count). The van der Waals surface area contributed by atoms with E-state index in [0.29, 0.717) is 24.0 Å². The molecule has 4 heteroatoms. The molecular formula is C18H22O4. The van der Waals surface area contributed by atoms with Crippen molar-refractivity contribution in [2.24, 2.45) is 0 Å². The zero-order valence-corrected chi connectivity index (χ0v) is 12.5. The highest BCUT2D eigenvalue weighted by atomic mass is 16.3. The first-order valence-electron chi connectivity index (χ1n) is 7.59. The Labute approximate surface area is 130 Å². The summed E-state index contributed by atoms with van der Waals surface area (Å²) in [6.07, 6.45) is 4.95. The van der Waals surface area contributed by atoms with E-state index in [1.807, 2.05) is 0 Å². The van der Waals surface area contributed by atoms with Crippen LogP contribution in [0.4, 0.5) is 0 Å². The summed E-state index contributed by atoms with van der Waals surface area (Å²) in [6, 6.07) is 9.55. The van der Waals surface area contributed by atoms with Gasteiger partial charge in [0.05, 0.1) is 0 Å². The van der Waals surface area contributed by atoms with E-state index in [4.69, 9.17) is 0 Å². The Bertz CT molecular complexity index is 526. The average molecular weight is 302 g/mol. The molecule has 0 bridgehead atoms. The van der Waals surface area contributed by atoms with Gasteiger partial charge in [-0.2, -0.15) is 0 Å². The predicted octanol–water partition coefficient (Wildman–Crippen LogP) is 3.85. The molecule has 0 fully saturated rings. The van der Waals surface area contributed by atoms with Gasteiger partial charge in [-0.25, -0.2) is 0 Å². The van der Waals surface area contributed by atoms with Crippen LogP contribution in [-0.4, -0.2) is 20.4 Å². The van der Waals surface area contributed by atoms with Crippen molar-refractivity contribution < 1.29 is 20.4 Å². The Balaban J connectivity index is 1.72. The molecule has 0 amide bonds. The maximum atomic E-state index is 9.69. The largest absolute Gasteiger partial charge is 0.508 e. The number of phenolic OH excluding ortho intramolecular Hbond substituents is 4. The fourth-order valence-electron chi connectivity index (χ4n) is 2.59. The Hall–Kier alpha value is -2.36. The second-order valence-electron chi connectivity index (χ2n) is 5.46. The number of aromatic hydroxyl groups is 4. The van der Waals surface area contributed by atoms with Crippen LogP contribution in [0.3, 0.4) is 0 Å². The van der Waals surface area contributed by atoms with Crippen LogP contribution >= 0.6 is 0 Å². The molecule has 0 heterocycles. The van der Waals surface area contributed by atoms with Crippen LogP contribution in [0, 0.1) is 0 Å². The van der Waals surface area contributed by atoms with Crippen molar-refractivity contribution in [3.8, 4) is 23.0 Å². The number of phenols is 4. The lowest BCUT2D eigenvalue weighted by Gasteiger charge is -2.08. The second kappa shape index (κ2) is 7.59. The minimum Gasteiger partial charge on any atom is -0.508 e. The monoisotopic (exact) mass is 302 g/mol. The third-order valence-corrected chi connectivity index (χ3v) is 3.86. The molecule has 0 aliphatic heterocycles. The van der Waals surface area contributed by atoms with Gasteiger partial charge in [0.1, 0.15) is 23.0 Å². The van der Waals surface area contributed by atoms with E-state index >= 15 is 0 Å². The maximum Gasteiger partial charge on any atom is 0.122 e. The standard InChI is InChI=1S/C18H22O4/c19-15-9-5-10-16(20)13(15)7-3-1-2-4-8-14-17(21)11-6-12-18(14)22/h5-6,9-12,19-22H,1-4,7-8H2. The van der Waals surface area contributed by atoms with Gasteiger partial charge in [0, 0.05) is 11.1 Å². The fraction of sp³-hybridized carbons (Fsp3) is 0.333. The van der Waals surface area contributed by atoms with Crippen molar-refractivity contribution in [3.05, 3.63) is 47.5 Å². The lowest BCUT2D eigenvalue weighted by atomic mass is 10.0. The minimum atomic E-state index is 0.138. The molecule has 4 nitrogen and oxygen atoms in total. The van der Waals surface area contributed by atoms with Crippen LogP contribution in [0.2, 0.25) is 0 Å².